The molecule has 4 aromatic carbocycles. The standard InChI is InChI=1S/C30H26N2/c1-2-21-6-5-9-27-25(21)11-12-28-26-8-4-3-7-24(26)23(17-29(27)28)19-32-15-14-22-16-20(18-31)10-13-30(22)32/h3-4,7-8,10-17,21H,2,5-6,9,19H2,1H3. The number of fused-ring (bicyclic) bond motifs is 6. The van der Waals surface area contributed by atoms with Crippen molar-refractivity contribution in [3.05, 3.63) is 95.2 Å². The molecule has 0 amide bonds. The Hall–Kier alpha value is -3.57. The lowest BCUT2D eigenvalue weighted by atomic mass is 9.78. The summed E-state index contributed by atoms with van der Waals surface area (Å²) in [4.78, 5) is 0. The molecule has 1 aliphatic carbocycles. The maximum Gasteiger partial charge on any atom is 0.0991 e. The SMILES string of the molecule is CCC1CCCc2c1ccc1c2cc(Cn2ccc3cc(C#N)ccc32)c2ccccc21. The number of rotatable bonds is 3. The van der Waals surface area contributed by atoms with E-state index in [4.69, 9.17) is 0 Å². The van der Waals surface area contributed by atoms with Crippen LogP contribution < -0.4 is 0 Å². The Kier molecular flexibility index (Phi) is 4.51. The van der Waals surface area contributed by atoms with Gasteiger partial charge in [0.2, 0.25) is 0 Å². The number of benzene rings is 4. The summed E-state index contributed by atoms with van der Waals surface area (Å²) in [5, 5.41) is 15.9. The van der Waals surface area contributed by atoms with E-state index in [1.165, 1.54) is 58.3 Å². The van der Waals surface area contributed by atoms with Crippen LogP contribution >= 0.6 is 0 Å². The first-order valence-corrected chi connectivity index (χ1v) is 11.7. The lowest BCUT2D eigenvalue weighted by Gasteiger charge is -2.26. The fourth-order valence-electron chi connectivity index (χ4n) is 5.82. The van der Waals surface area contributed by atoms with Gasteiger partial charge in [0, 0.05) is 23.6 Å². The Morgan fingerprint density at radius 3 is 2.62 bits per heavy atom. The molecular formula is C30H26N2. The molecule has 0 spiro atoms. The summed E-state index contributed by atoms with van der Waals surface area (Å²) in [7, 11) is 0. The van der Waals surface area contributed by atoms with Crippen LogP contribution in [0.25, 0.3) is 32.4 Å². The number of hydrogen-bond donors (Lipinski definition) is 0. The fraction of sp³-hybridized carbons (Fsp3) is 0.233. The van der Waals surface area contributed by atoms with E-state index in [1.807, 2.05) is 12.1 Å². The molecular weight excluding hydrogens is 388 g/mol. The van der Waals surface area contributed by atoms with Crippen LogP contribution in [-0.2, 0) is 13.0 Å². The molecule has 1 aromatic heterocycles. The molecule has 6 rings (SSSR count). The molecule has 1 heterocycles. The minimum atomic E-state index is 0.695. The van der Waals surface area contributed by atoms with E-state index in [0.29, 0.717) is 11.5 Å². The quantitative estimate of drug-likeness (QED) is 0.278. The smallest absolute Gasteiger partial charge is 0.0991 e. The van der Waals surface area contributed by atoms with Gasteiger partial charge in [-0.1, -0.05) is 43.3 Å². The number of hydrogen-bond acceptors (Lipinski definition) is 1. The van der Waals surface area contributed by atoms with Gasteiger partial charge in [-0.3, -0.25) is 0 Å². The zero-order valence-corrected chi connectivity index (χ0v) is 18.4. The first-order valence-electron chi connectivity index (χ1n) is 11.7. The largest absolute Gasteiger partial charge is 0.343 e. The molecule has 0 N–H and O–H groups in total. The Balaban J connectivity index is 1.57. The highest BCUT2D eigenvalue weighted by atomic mass is 14.9. The number of nitriles is 1. The van der Waals surface area contributed by atoms with Gasteiger partial charge in [0.1, 0.15) is 0 Å². The van der Waals surface area contributed by atoms with Gasteiger partial charge in [-0.15, -0.1) is 0 Å². The molecule has 0 fully saturated rings. The Morgan fingerprint density at radius 1 is 0.938 bits per heavy atom. The van der Waals surface area contributed by atoms with Gasteiger partial charge >= 0.3 is 0 Å². The second-order valence-electron chi connectivity index (χ2n) is 9.14. The van der Waals surface area contributed by atoms with Crippen LogP contribution in [0, 0.1) is 11.3 Å². The summed E-state index contributed by atoms with van der Waals surface area (Å²) in [6, 6.07) is 26.4. The van der Waals surface area contributed by atoms with Gasteiger partial charge in [-0.2, -0.15) is 5.26 Å². The Morgan fingerprint density at radius 2 is 1.78 bits per heavy atom. The van der Waals surface area contributed by atoms with Gasteiger partial charge in [0.05, 0.1) is 11.6 Å². The molecule has 1 atom stereocenters. The second-order valence-corrected chi connectivity index (χ2v) is 9.14. The van der Waals surface area contributed by atoms with Crippen LogP contribution in [0.2, 0.25) is 0 Å². The molecule has 156 valence electrons. The van der Waals surface area contributed by atoms with E-state index >= 15 is 0 Å². The lowest BCUT2D eigenvalue weighted by Crippen LogP contribution is -2.10. The highest BCUT2D eigenvalue weighted by Crippen LogP contribution is 2.40. The second kappa shape index (κ2) is 7.53. The van der Waals surface area contributed by atoms with E-state index < -0.39 is 0 Å². The Labute approximate surface area is 188 Å². The molecule has 32 heavy (non-hydrogen) atoms. The van der Waals surface area contributed by atoms with Gasteiger partial charge in [-0.25, -0.2) is 0 Å². The van der Waals surface area contributed by atoms with Crippen LogP contribution in [-0.4, -0.2) is 4.57 Å². The molecule has 0 bridgehead atoms. The zero-order chi connectivity index (χ0) is 21.7. The minimum absolute atomic E-state index is 0.695. The molecule has 1 aliphatic rings. The predicted molar refractivity (Wildman–Crippen MR) is 133 cm³/mol. The first-order chi connectivity index (χ1) is 15.8. The van der Waals surface area contributed by atoms with Gasteiger partial charge in [-0.05, 0) is 100 Å². The summed E-state index contributed by atoms with van der Waals surface area (Å²) >= 11 is 0. The third kappa shape index (κ3) is 2.93. The average Bonchev–Trinajstić information content (AvgIpc) is 3.25. The molecule has 1 unspecified atom stereocenters. The fourth-order valence-corrected chi connectivity index (χ4v) is 5.82. The van der Waals surface area contributed by atoms with Crippen LogP contribution in [0.5, 0.6) is 0 Å². The van der Waals surface area contributed by atoms with Crippen molar-refractivity contribution in [2.45, 2.75) is 45.1 Å². The van der Waals surface area contributed by atoms with Crippen molar-refractivity contribution in [2.75, 3.05) is 0 Å². The van der Waals surface area contributed by atoms with Crippen molar-refractivity contribution in [2.24, 2.45) is 0 Å². The molecule has 0 aliphatic heterocycles. The Bertz CT molecular complexity index is 1530. The highest BCUT2D eigenvalue weighted by molar-refractivity contribution is 6.10. The predicted octanol–water partition coefficient (Wildman–Crippen LogP) is 7.70. The molecule has 2 nitrogen and oxygen atoms in total. The first kappa shape index (κ1) is 19.1. The van der Waals surface area contributed by atoms with Crippen molar-refractivity contribution in [3.63, 3.8) is 0 Å². The number of aromatic nitrogens is 1. The molecule has 0 radical (unpaired) electrons. The van der Waals surface area contributed by atoms with Crippen LogP contribution in [0.3, 0.4) is 0 Å². The maximum absolute atomic E-state index is 9.23. The molecule has 5 aromatic rings. The van der Waals surface area contributed by atoms with E-state index in [-0.39, 0.29) is 0 Å². The van der Waals surface area contributed by atoms with E-state index in [2.05, 4.69) is 78.4 Å². The summed E-state index contributed by atoms with van der Waals surface area (Å²) in [5.74, 6) is 0.695. The third-order valence-electron chi connectivity index (χ3n) is 7.43. The van der Waals surface area contributed by atoms with E-state index in [1.54, 1.807) is 11.1 Å². The third-order valence-corrected chi connectivity index (χ3v) is 7.43. The minimum Gasteiger partial charge on any atom is -0.343 e. The molecule has 2 heteroatoms. The van der Waals surface area contributed by atoms with Gasteiger partial charge in [0.15, 0.2) is 0 Å². The van der Waals surface area contributed by atoms with Crippen molar-refractivity contribution >= 4 is 32.4 Å². The zero-order valence-electron chi connectivity index (χ0n) is 18.4. The normalized spacial score (nSPS) is 15.8. The average molecular weight is 415 g/mol. The van der Waals surface area contributed by atoms with Gasteiger partial charge < -0.3 is 4.57 Å². The van der Waals surface area contributed by atoms with Gasteiger partial charge in [0.25, 0.3) is 0 Å². The van der Waals surface area contributed by atoms with Crippen molar-refractivity contribution in [1.29, 1.82) is 5.26 Å². The van der Waals surface area contributed by atoms with Crippen molar-refractivity contribution in [3.8, 4) is 6.07 Å². The summed E-state index contributed by atoms with van der Waals surface area (Å²) in [6.45, 7) is 3.15. The summed E-state index contributed by atoms with van der Waals surface area (Å²) < 4.78 is 2.31. The molecule has 0 saturated heterocycles. The summed E-state index contributed by atoms with van der Waals surface area (Å²) in [6.07, 6.45) is 7.16. The molecule has 0 saturated carbocycles. The van der Waals surface area contributed by atoms with Crippen LogP contribution in [0.1, 0.15) is 54.4 Å². The van der Waals surface area contributed by atoms with E-state index in [9.17, 15) is 5.26 Å². The van der Waals surface area contributed by atoms with Crippen molar-refractivity contribution < 1.29 is 0 Å². The summed E-state index contributed by atoms with van der Waals surface area (Å²) in [5.41, 5.74) is 6.39. The van der Waals surface area contributed by atoms with Crippen LogP contribution in [0.15, 0.2) is 72.9 Å². The van der Waals surface area contributed by atoms with Crippen LogP contribution in [0.4, 0.5) is 0 Å². The topological polar surface area (TPSA) is 28.7 Å². The van der Waals surface area contributed by atoms with E-state index in [0.717, 1.165) is 11.9 Å². The van der Waals surface area contributed by atoms with Crippen molar-refractivity contribution in [1.82, 2.24) is 4.57 Å². The lowest BCUT2D eigenvalue weighted by molar-refractivity contribution is 0.542. The monoisotopic (exact) mass is 414 g/mol. The maximum atomic E-state index is 9.23. The number of aryl methyl sites for hydroxylation is 1. The number of nitrogens with zero attached hydrogens (tertiary/aromatic N) is 2. The highest BCUT2D eigenvalue weighted by Gasteiger charge is 2.21.